The Labute approximate surface area is 125 Å². The van der Waals surface area contributed by atoms with Crippen LogP contribution in [-0.4, -0.2) is 18.1 Å². The Morgan fingerprint density at radius 1 is 1.36 bits per heavy atom. The van der Waals surface area contributed by atoms with Crippen LogP contribution in [0.15, 0.2) is 18.2 Å². The standard InChI is InChI=1S/C15H16F3NO3/c1-9(20)22-8-10-5-6-12-11(7-10)3-2-4-13(12)19-14(21)15(16,17)18/h5-7,13H,2-4,8H2,1H3,(H,19,21). The molecule has 0 fully saturated rings. The molecule has 0 aromatic heterocycles. The number of hydrogen-bond donors (Lipinski definition) is 1. The van der Waals surface area contributed by atoms with Crippen molar-refractivity contribution in [3.63, 3.8) is 0 Å². The minimum atomic E-state index is -4.88. The van der Waals surface area contributed by atoms with Gasteiger partial charge in [-0.2, -0.15) is 13.2 Å². The van der Waals surface area contributed by atoms with E-state index in [9.17, 15) is 22.8 Å². The van der Waals surface area contributed by atoms with Crippen LogP contribution >= 0.6 is 0 Å². The second-order valence-corrected chi connectivity index (χ2v) is 5.23. The Morgan fingerprint density at radius 3 is 2.73 bits per heavy atom. The quantitative estimate of drug-likeness (QED) is 0.873. The molecule has 2 rings (SSSR count). The Kier molecular flexibility index (Phi) is 4.73. The lowest BCUT2D eigenvalue weighted by Gasteiger charge is -2.27. The van der Waals surface area contributed by atoms with Crippen LogP contribution in [0.5, 0.6) is 0 Å². The van der Waals surface area contributed by atoms with Crippen LogP contribution in [0.4, 0.5) is 13.2 Å². The number of hydrogen-bond acceptors (Lipinski definition) is 3. The van der Waals surface area contributed by atoms with Gasteiger partial charge in [-0.3, -0.25) is 9.59 Å². The van der Waals surface area contributed by atoms with Crippen LogP contribution in [0.25, 0.3) is 0 Å². The second-order valence-electron chi connectivity index (χ2n) is 5.23. The molecule has 1 atom stereocenters. The number of carbonyl (C=O) groups excluding carboxylic acids is 2. The first-order valence-electron chi connectivity index (χ1n) is 6.90. The van der Waals surface area contributed by atoms with Crippen LogP contribution in [0.1, 0.15) is 42.5 Å². The number of aryl methyl sites for hydroxylation is 1. The number of fused-ring (bicyclic) bond motifs is 1. The molecule has 0 saturated heterocycles. The molecule has 22 heavy (non-hydrogen) atoms. The van der Waals surface area contributed by atoms with E-state index < -0.39 is 24.1 Å². The van der Waals surface area contributed by atoms with Gasteiger partial charge >= 0.3 is 18.1 Å². The van der Waals surface area contributed by atoms with Crippen LogP contribution in [0.3, 0.4) is 0 Å². The van der Waals surface area contributed by atoms with E-state index in [1.54, 1.807) is 12.1 Å². The van der Waals surface area contributed by atoms with Gasteiger partial charge in [-0.25, -0.2) is 0 Å². The molecule has 1 amide bonds. The number of carbonyl (C=O) groups is 2. The average Bonchev–Trinajstić information content (AvgIpc) is 2.44. The summed E-state index contributed by atoms with van der Waals surface area (Å²) in [6.07, 6.45) is -3.00. The molecule has 1 aliphatic carbocycles. The molecule has 1 aromatic carbocycles. The highest BCUT2D eigenvalue weighted by Gasteiger charge is 2.40. The van der Waals surface area contributed by atoms with Crippen molar-refractivity contribution in [2.75, 3.05) is 0 Å². The molecular weight excluding hydrogens is 299 g/mol. The number of esters is 1. The third kappa shape index (κ3) is 3.99. The van der Waals surface area contributed by atoms with Gasteiger partial charge in [-0.1, -0.05) is 18.2 Å². The minimum absolute atomic E-state index is 0.127. The van der Waals surface area contributed by atoms with Crippen molar-refractivity contribution in [2.24, 2.45) is 0 Å². The number of rotatable bonds is 3. The molecule has 0 bridgehead atoms. The summed E-state index contributed by atoms with van der Waals surface area (Å²) in [5.41, 5.74) is 2.34. The van der Waals surface area contributed by atoms with E-state index in [1.165, 1.54) is 6.92 Å². The summed E-state index contributed by atoms with van der Waals surface area (Å²) in [5, 5.41) is 2.04. The SMILES string of the molecule is CC(=O)OCc1ccc2c(c1)CCCC2NC(=O)C(F)(F)F. The third-order valence-corrected chi connectivity index (χ3v) is 3.53. The third-order valence-electron chi connectivity index (χ3n) is 3.53. The number of amides is 1. The maximum Gasteiger partial charge on any atom is 0.471 e. The number of nitrogens with one attached hydrogen (secondary N) is 1. The van der Waals surface area contributed by atoms with Gasteiger partial charge < -0.3 is 10.1 Å². The molecule has 0 saturated carbocycles. The Bertz CT molecular complexity index is 584. The van der Waals surface area contributed by atoms with E-state index in [0.29, 0.717) is 18.4 Å². The lowest BCUT2D eigenvalue weighted by Crippen LogP contribution is -2.40. The molecule has 1 aromatic rings. The topological polar surface area (TPSA) is 55.4 Å². The van der Waals surface area contributed by atoms with Gasteiger partial charge in [0.15, 0.2) is 0 Å². The van der Waals surface area contributed by atoms with Gasteiger partial charge in [0, 0.05) is 6.92 Å². The maximum atomic E-state index is 12.4. The van der Waals surface area contributed by atoms with Crippen LogP contribution < -0.4 is 5.32 Å². The van der Waals surface area contributed by atoms with E-state index in [1.807, 2.05) is 11.4 Å². The minimum Gasteiger partial charge on any atom is -0.461 e. The zero-order valence-electron chi connectivity index (χ0n) is 12.0. The first-order valence-corrected chi connectivity index (χ1v) is 6.90. The van der Waals surface area contributed by atoms with E-state index in [0.717, 1.165) is 17.5 Å². The fourth-order valence-corrected chi connectivity index (χ4v) is 2.53. The predicted molar refractivity (Wildman–Crippen MR) is 71.8 cm³/mol. The van der Waals surface area contributed by atoms with E-state index in [4.69, 9.17) is 4.74 Å². The molecule has 0 radical (unpaired) electrons. The highest BCUT2D eigenvalue weighted by atomic mass is 19.4. The number of benzene rings is 1. The van der Waals surface area contributed by atoms with Crippen LogP contribution in [0, 0.1) is 0 Å². The van der Waals surface area contributed by atoms with Crippen molar-refractivity contribution < 1.29 is 27.5 Å². The summed E-state index contributed by atoms with van der Waals surface area (Å²) in [4.78, 5) is 21.9. The lowest BCUT2D eigenvalue weighted by molar-refractivity contribution is -0.174. The van der Waals surface area contributed by atoms with Gasteiger partial charge in [0.05, 0.1) is 6.04 Å². The average molecular weight is 315 g/mol. The molecule has 120 valence electrons. The summed E-state index contributed by atoms with van der Waals surface area (Å²) in [6, 6.07) is 4.55. The molecule has 0 spiro atoms. The van der Waals surface area contributed by atoms with E-state index >= 15 is 0 Å². The first kappa shape index (κ1) is 16.3. The number of alkyl halides is 3. The summed E-state index contributed by atoms with van der Waals surface area (Å²) in [6.45, 7) is 1.43. The fraction of sp³-hybridized carbons (Fsp3) is 0.467. The van der Waals surface area contributed by atoms with Crippen molar-refractivity contribution in [1.29, 1.82) is 0 Å². The predicted octanol–water partition coefficient (Wildman–Crippen LogP) is 2.81. The zero-order valence-corrected chi connectivity index (χ0v) is 12.0. The summed E-state index contributed by atoms with van der Waals surface area (Å²) in [7, 11) is 0. The van der Waals surface area contributed by atoms with Gasteiger partial charge in [-0.15, -0.1) is 0 Å². The highest BCUT2D eigenvalue weighted by molar-refractivity contribution is 5.82. The van der Waals surface area contributed by atoms with Crippen molar-refractivity contribution in [2.45, 2.75) is 45.0 Å². The van der Waals surface area contributed by atoms with Gasteiger partial charge in [0.25, 0.3) is 0 Å². The normalized spacial score (nSPS) is 17.5. The van der Waals surface area contributed by atoms with Crippen LogP contribution in [0.2, 0.25) is 0 Å². The van der Waals surface area contributed by atoms with E-state index in [2.05, 4.69) is 0 Å². The van der Waals surface area contributed by atoms with E-state index in [-0.39, 0.29) is 6.61 Å². The Morgan fingerprint density at radius 2 is 2.09 bits per heavy atom. The maximum absolute atomic E-state index is 12.4. The Balaban J connectivity index is 2.14. The summed E-state index contributed by atoms with van der Waals surface area (Å²) < 4.78 is 42.0. The zero-order chi connectivity index (χ0) is 16.3. The summed E-state index contributed by atoms with van der Waals surface area (Å²) in [5.74, 6) is -2.32. The number of ether oxygens (including phenoxy) is 1. The fourth-order valence-electron chi connectivity index (χ4n) is 2.53. The molecule has 0 aliphatic heterocycles. The first-order chi connectivity index (χ1) is 10.3. The molecule has 1 N–H and O–H groups in total. The second kappa shape index (κ2) is 6.37. The van der Waals surface area contributed by atoms with Gasteiger partial charge in [-0.05, 0) is 36.0 Å². The van der Waals surface area contributed by atoms with Crippen LogP contribution in [-0.2, 0) is 27.4 Å². The van der Waals surface area contributed by atoms with Gasteiger partial charge in [0.2, 0.25) is 0 Å². The molecule has 0 heterocycles. The van der Waals surface area contributed by atoms with Crippen molar-refractivity contribution in [1.82, 2.24) is 5.32 Å². The molecule has 1 aliphatic rings. The van der Waals surface area contributed by atoms with Crippen molar-refractivity contribution in [3.05, 3.63) is 34.9 Å². The molecular formula is C15H16F3NO3. The molecule has 4 nitrogen and oxygen atoms in total. The highest BCUT2D eigenvalue weighted by Crippen LogP contribution is 2.31. The summed E-state index contributed by atoms with van der Waals surface area (Å²) >= 11 is 0. The van der Waals surface area contributed by atoms with Gasteiger partial charge in [0.1, 0.15) is 6.61 Å². The number of halogens is 3. The lowest BCUT2D eigenvalue weighted by atomic mass is 9.86. The molecule has 1 unspecified atom stereocenters. The van der Waals surface area contributed by atoms with Crippen molar-refractivity contribution >= 4 is 11.9 Å². The largest absolute Gasteiger partial charge is 0.471 e. The Hall–Kier alpha value is -2.05. The smallest absolute Gasteiger partial charge is 0.461 e. The monoisotopic (exact) mass is 315 g/mol. The molecule has 7 heteroatoms. The van der Waals surface area contributed by atoms with Crippen molar-refractivity contribution in [3.8, 4) is 0 Å².